The van der Waals surface area contributed by atoms with Gasteiger partial charge in [0.1, 0.15) is 11.3 Å². The first-order chi connectivity index (χ1) is 18.1. The lowest BCUT2D eigenvalue weighted by atomic mass is 9.90. The molecule has 37 heavy (non-hydrogen) atoms. The zero-order valence-electron chi connectivity index (χ0n) is 21.1. The summed E-state index contributed by atoms with van der Waals surface area (Å²) in [6.07, 6.45) is 8.04. The summed E-state index contributed by atoms with van der Waals surface area (Å²) in [5, 5.41) is 5.95. The molecule has 0 aliphatic heterocycles. The zero-order chi connectivity index (χ0) is 25.6. The van der Waals surface area contributed by atoms with Gasteiger partial charge in [0, 0.05) is 30.9 Å². The molecule has 190 valence electrons. The maximum Gasteiger partial charge on any atom is 0.412 e. The molecule has 1 N–H and O–H groups in total. The van der Waals surface area contributed by atoms with Crippen molar-refractivity contribution in [3.63, 3.8) is 0 Å². The van der Waals surface area contributed by atoms with Gasteiger partial charge in [0.2, 0.25) is 0 Å². The van der Waals surface area contributed by atoms with Crippen LogP contribution < -0.4 is 10.1 Å². The monoisotopic (exact) mass is 514 g/mol. The van der Waals surface area contributed by atoms with E-state index < -0.39 is 6.09 Å². The smallest absolute Gasteiger partial charge is 0.406 e. The molecule has 5 rings (SSSR count). The van der Waals surface area contributed by atoms with E-state index in [0.29, 0.717) is 23.7 Å². The lowest BCUT2D eigenvalue weighted by Crippen LogP contribution is -2.31. The van der Waals surface area contributed by atoms with Gasteiger partial charge in [-0.3, -0.25) is 9.88 Å². The maximum absolute atomic E-state index is 12.3. The van der Waals surface area contributed by atoms with Crippen molar-refractivity contribution in [3.05, 3.63) is 99.3 Å². The summed E-state index contributed by atoms with van der Waals surface area (Å²) in [4.78, 5) is 32.3. The van der Waals surface area contributed by atoms with Crippen LogP contribution in [-0.4, -0.2) is 30.9 Å². The van der Waals surface area contributed by atoms with Crippen LogP contribution in [0.15, 0.2) is 60.5 Å². The number of ether oxygens (including phenoxy) is 1. The average molecular weight is 515 g/mol. The number of hydrogen-bond donors (Lipinski definition) is 1. The van der Waals surface area contributed by atoms with Crippen LogP contribution in [0.25, 0.3) is 0 Å². The molecule has 9 heteroatoms. The number of carbonyl (C=O) groups excluding carboxylic acids is 1. The van der Waals surface area contributed by atoms with E-state index in [4.69, 9.17) is 9.72 Å². The van der Waals surface area contributed by atoms with E-state index in [1.807, 2.05) is 36.0 Å². The Balaban J connectivity index is 1.24. The second kappa shape index (κ2) is 11.6. The van der Waals surface area contributed by atoms with Crippen LogP contribution in [0.2, 0.25) is 0 Å². The molecule has 1 atom stereocenters. The van der Waals surface area contributed by atoms with Crippen molar-refractivity contribution in [1.29, 1.82) is 0 Å². The molecule has 4 aromatic rings. The van der Waals surface area contributed by atoms with Crippen molar-refractivity contribution in [1.82, 2.24) is 30.2 Å². The highest BCUT2D eigenvalue weighted by atomic mass is 32.1. The molecule has 3 aromatic heterocycles. The van der Waals surface area contributed by atoms with E-state index in [0.717, 1.165) is 42.9 Å². The molecule has 0 spiro atoms. The summed E-state index contributed by atoms with van der Waals surface area (Å²) >= 11 is 1.69. The highest BCUT2D eigenvalue weighted by Gasteiger charge is 2.28. The number of thiazole rings is 1. The van der Waals surface area contributed by atoms with Crippen molar-refractivity contribution in [2.75, 3.05) is 0 Å². The van der Waals surface area contributed by atoms with E-state index in [-0.39, 0.29) is 6.04 Å². The summed E-state index contributed by atoms with van der Waals surface area (Å²) in [6, 6.07) is 12.8. The van der Waals surface area contributed by atoms with E-state index in [9.17, 15) is 4.79 Å². The Morgan fingerprint density at radius 3 is 2.57 bits per heavy atom. The number of rotatable bonds is 8. The Bertz CT molecular complexity index is 1320. The number of carbonyl (C=O) groups is 1. The summed E-state index contributed by atoms with van der Waals surface area (Å²) in [6.45, 7) is 5.53. The number of benzene rings is 1. The summed E-state index contributed by atoms with van der Waals surface area (Å²) < 4.78 is 5.43. The first-order valence-corrected chi connectivity index (χ1v) is 13.3. The minimum absolute atomic E-state index is 0.263. The van der Waals surface area contributed by atoms with Crippen LogP contribution in [0, 0.1) is 13.8 Å². The number of hydrogen-bond acceptors (Lipinski definition) is 8. The molecular formula is C28H30N6O2S. The van der Waals surface area contributed by atoms with Gasteiger partial charge < -0.3 is 10.1 Å². The van der Waals surface area contributed by atoms with Gasteiger partial charge in [-0.15, -0.1) is 11.3 Å². The normalized spacial score (nSPS) is 14.8. The fourth-order valence-corrected chi connectivity index (χ4v) is 5.39. The minimum Gasteiger partial charge on any atom is -0.406 e. The van der Waals surface area contributed by atoms with E-state index in [1.54, 1.807) is 25.2 Å². The molecule has 1 unspecified atom stereocenters. The van der Waals surface area contributed by atoms with Crippen LogP contribution in [-0.2, 0) is 26.1 Å². The molecule has 3 heterocycles. The first kappa shape index (κ1) is 25.0. The van der Waals surface area contributed by atoms with Crippen molar-refractivity contribution in [3.8, 4) is 5.75 Å². The number of aromatic nitrogens is 4. The predicted molar refractivity (Wildman–Crippen MR) is 142 cm³/mol. The van der Waals surface area contributed by atoms with Gasteiger partial charge in [0.15, 0.2) is 5.75 Å². The molecule has 0 saturated carbocycles. The van der Waals surface area contributed by atoms with Crippen molar-refractivity contribution in [2.45, 2.75) is 58.8 Å². The van der Waals surface area contributed by atoms with Gasteiger partial charge in [0.25, 0.3) is 0 Å². The molecule has 0 bridgehead atoms. The summed E-state index contributed by atoms with van der Waals surface area (Å²) in [5.41, 5.74) is 6.01. The van der Waals surface area contributed by atoms with Gasteiger partial charge in [-0.1, -0.05) is 30.3 Å². The molecule has 1 aromatic carbocycles. The van der Waals surface area contributed by atoms with Gasteiger partial charge in [0.05, 0.1) is 29.7 Å². The lowest BCUT2D eigenvalue weighted by molar-refractivity contribution is 0.157. The van der Waals surface area contributed by atoms with Gasteiger partial charge in [-0.25, -0.2) is 19.7 Å². The number of fused-ring (bicyclic) bond motifs is 1. The Morgan fingerprint density at radius 2 is 1.81 bits per heavy atom. The van der Waals surface area contributed by atoms with Crippen LogP contribution >= 0.6 is 11.3 Å². The van der Waals surface area contributed by atoms with Crippen LogP contribution in [0.5, 0.6) is 5.75 Å². The zero-order valence-corrected chi connectivity index (χ0v) is 21.9. The highest BCUT2D eigenvalue weighted by molar-refractivity contribution is 7.09. The Labute approximate surface area is 220 Å². The van der Waals surface area contributed by atoms with E-state index >= 15 is 0 Å². The molecule has 1 amide bonds. The molecular weight excluding hydrogens is 484 g/mol. The fourth-order valence-electron chi connectivity index (χ4n) is 4.75. The molecule has 1 aliphatic rings. The van der Waals surface area contributed by atoms with Crippen molar-refractivity contribution < 1.29 is 9.53 Å². The third-order valence-electron chi connectivity index (χ3n) is 6.63. The molecule has 0 radical (unpaired) electrons. The number of amides is 1. The van der Waals surface area contributed by atoms with Gasteiger partial charge in [-0.05, 0) is 55.9 Å². The quantitative estimate of drug-likeness (QED) is 0.340. The molecule has 0 fully saturated rings. The fraction of sp³-hybridized carbons (Fsp3) is 0.321. The average Bonchev–Trinajstić information content (AvgIpc) is 3.43. The third kappa shape index (κ3) is 6.18. The van der Waals surface area contributed by atoms with Gasteiger partial charge >= 0.3 is 6.09 Å². The molecule has 1 aliphatic carbocycles. The molecule has 0 saturated heterocycles. The first-order valence-electron chi connectivity index (χ1n) is 12.4. The second-order valence-electron chi connectivity index (χ2n) is 9.22. The summed E-state index contributed by atoms with van der Waals surface area (Å²) in [7, 11) is 0. The van der Waals surface area contributed by atoms with Gasteiger partial charge in [-0.2, -0.15) is 0 Å². The lowest BCUT2D eigenvalue weighted by Gasteiger charge is -2.34. The number of nitrogens with zero attached hydrogens (tertiary/aromatic N) is 5. The standard InChI is InChI=1S/C28H30N6O2S/c1-19-27(20(2)33-18-32-19)36-28(35)31-15-21-8-10-22(11-9-21)16-34(17-25-29-13-14-37-25)24-7-3-5-23-6-4-12-30-26(23)24/h4,6,8-14,18,24H,3,5,7,15-17H2,1-2H3,(H,31,35). The molecule has 8 nitrogen and oxygen atoms in total. The largest absolute Gasteiger partial charge is 0.412 e. The van der Waals surface area contributed by atoms with E-state index in [2.05, 4.69) is 43.4 Å². The number of nitrogens with one attached hydrogen (secondary N) is 1. The Kier molecular flexibility index (Phi) is 7.82. The minimum atomic E-state index is -0.525. The summed E-state index contributed by atoms with van der Waals surface area (Å²) in [5.74, 6) is 0.398. The SMILES string of the molecule is Cc1ncnc(C)c1OC(=O)NCc1ccc(CN(Cc2nccs2)C2CCCc3cccnc32)cc1. The van der Waals surface area contributed by atoms with Crippen molar-refractivity contribution in [2.24, 2.45) is 0 Å². The van der Waals surface area contributed by atoms with Crippen LogP contribution in [0.1, 0.15) is 57.7 Å². The Hall–Kier alpha value is -3.69. The second-order valence-corrected chi connectivity index (χ2v) is 10.2. The maximum atomic E-state index is 12.3. The third-order valence-corrected chi connectivity index (χ3v) is 7.39. The highest BCUT2D eigenvalue weighted by Crippen LogP contribution is 2.35. The van der Waals surface area contributed by atoms with Crippen molar-refractivity contribution >= 4 is 17.4 Å². The van der Waals surface area contributed by atoms with Crippen LogP contribution in [0.4, 0.5) is 4.79 Å². The number of aryl methyl sites for hydroxylation is 3. The topological polar surface area (TPSA) is 93.1 Å². The predicted octanol–water partition coefficient (Wildman–Crippen LogP) is 5.31. The Morgan fingerprint density at radius 1 is 1.03 bits per heavy atom. The van der Waals surface area contributed by atoms with Crippen LogP contribution in [0.3, 0.4) is 0 Å². The van der Waals surface area contributed by atoms with E-state index in [1.165, 1.54) is 23.1 Å². The number of pyridine rings is 1.